The Hall–Kier alpha value is -5.12. The number of hydrogen-bond donors (Lipinski definition) is 1. The van der Waals surface area contributed by atoms with Crippen LogP contribution in [0.15, 0.2) is 103 Å². The molecular weight excluding hydrogens is 633 g/mol. The van der Waals surface area contributed by atoms with Crippen molar-refractivity contribution in [3.63, 3.8) is 0 Å². The van der Waals surface area contributed by atoms with E-state index in [2.05, 4.69) is 0 Å². The zero-order valence-corrected chi connectivity index (χ0v) is 27.6. The topological polar surface area (TPSA) is 87.2 Å². The monoisotopic (exact) mass is 672 g/mol. The van der Waals surface area contributed by atoms with Crippen molar-refractivity contribution in [1.29, 1.82) is 0 Å². The van der Waals surface area contributed by atoms with E-state index in [-0.39, 0.29) is 18.5 Å². The summed E-state index contributed by atoms with van der Waals surface area (Å²) in [6.07, 6.45) is -3.72. The highest BCUT2D eigenvalue weighted by Crippen LogP contribution is 2.31. The van der Waals surface area contributed by atoms with Gasteiger partial charge in [0.2, 0.25) is 0 Å². The zero-order valence-electron chi connectivity index (χ0n) is 27.6. The third-order valence-corrected chi connectivity index (χ3v) is 8.50. The molecule has 4 aromatic carbocycles. The van der Waals surface area contributed by atoms with E-state index in [1.54, 1.807) is 37.8 Å². The van der Waals surface area contributed by atoms with Crippen LogP contribution < -0.4 is 0 Å². The van der Waals surface area contributed by atoms with Crippen molar-refractivity contribution in [2.45, 2.75) is 63.9 Å². The molecule has 0 unspecified atom stereocenters. The van der Waals surface area contributed by atoms with Crippen LogP contribution in [0.25, 0.3) is 22.3 Å². The summed E-state index contributed by atoms with van der Waals surface area (Å²) >= 11 is 0. The van der Waals surface area contributed by atoms with Gasteiger partial charge in [-0.15, -0.1) is 0 Å². The molecule has 0 bridgehead atoms. The average molecular weight is 673 g/mol. The van der Waals surface area contributed by atoms with E-state index in [1.807, 2.05) is 54.6 Å². The molecule has 49 heavy (non-hydrogen) atoms. The minimum absolute atomic E-state index is 0.0267. The number of carboxylic acids is 1. The summed E-state index contributed by atoms with van der Waals surface area (Å²) in [5, 5.41) is 10.5. The van der Waals surface area contributed by atoms with Gasteiger partial charge >= 0.3 is 18.2 Å². The average Bonchev–Trinajstić information content (AvgIpc) is 3.54. The molecule has 2 atom stereocenters. The molecule has 0 aromatic heterocycles. The first-order valence-electron chi connectivity index (χ1n) is 16.1. The first kappa shape index (κ1) is 35.2. The molecule has 1 N–H and O–H groups in total. The lowest BCUT2D eigenvalue weighted by Gasteiger charge is -2.35. The van der Waals surface area contributed by atoms with Gasteiger partial charge in [-0.3, -0.25) is 4.79 Å². The fraction of sp³-hybridized carbons (Fsp3) is 0.308. The Balaban J connectivity index is 1.43. The summed E-state index contributed by atoms with van der Waals surface area (Å²) in [5.41, 5.74) is 2.55. The highest BCUT2D eigenvalue weighted by molar-refractivity contribution is 5.97. The van der Waals surface area contributed by atoms with Crippen molar-refractivity contribution in [3.8, 4) is 22.3 Å². The Kier molecular flexibility index (Phi) is 10.5. The normalized spacial score (nSPS) is 15.5. The summed E-state index contributed by atoms with van der Waals surface area (Å²) in [7, 11) is 0. The van der Waals surface area contributed by atoms with Crippen LogP contribution in [-0.2, 0) is 22.1 Å². The van der Waals surface area contributed by atoms with Gasteiger partial charge in [0.1, 0.15) is 11.6 Å². The molecule has 1 fully saturated rings. The van der Waals surface area contributed by atoms with Gasteiger partial charge in [0.15, 0.2) is 0 Å². The number of alkyl halides is 3. The van der Waals surface area contributed by atoms with Crippen molar-refractivity contribution >= 4 is 18.0 Å². The van der Waals surface area contributed by atoms with E-state index in [4.69, 9.17) is 4.74 Å². The van der Waals surface area contributed by atoms with Gasteiger partial charge in [0, 0.05) is 25.1 Å². The molecule has 7 nitrogen and oxygen atoms in total. The Labute approximate surface area is 283 Å². The van der Waals surface area contributed by atoms with Crippen LogP contribution in [0.4, 0.5) is 18.0 Å². The summed E-state index contributed by atoms with van der Waals surface area (Å²) in [6.45, 7) is 5.69. The number of rotatable bonds is 9. The molecule has 0 radical (unpaired) electrons. The SMILES string of the molecule is CC(C)(C)OC(=O)N1CCC[C@H]1CN(C(=O)c1ccc(-c2ccc(C(F)(F)F)cc2)cc1)[C@@H](Cc1ccc(-c2ccccc2)cc1)C(=O)O. The van der Waals surface area contributed by atoms with Crippen LogP contribution >= 0.6 is 0 Å². The van der Waals surface area contributed by atoms with Crippen LogP contribution in [0, 0.1) is 0 Å². The molecule has 1 aliphatic heterocycles. The summed E-state index contributed by atoms with van der Waals surface area (Å²) in [5.74, 6) is -1.73. The van der Waals surface area contributed by atoms with E-state index in [1.165, 1.54) is 29.2 Å². The molecule has 0 aliphatic carbocycles. The Morgan fingerprint density at radius 3 is 1.88 bits per heavy atom. The van der Waals surface area contributed by atoms with Crippen LogP contribution in [0.2, 0.25) is 0 Å². The first-order valence-corrected chi connectivity index (χ1v) is 16.1. The number of carboxylic acid groups (broad SMARTS) is 1. The Morgan fingerprint density at radius 2 is 1.35 bits per heavy atom. The van der Waals surface area contributed by atoms with E-state index in [9.17, 15) is 32.7 Å². The summed E-state index contributed by atoms with van der Waals surface area (Å²) in [6, 6.07) is 26.6. The summed E-state index contributed by atoms with van der Waals surface area (Å²) in [4.78, 5) is 43.1. The zero-order chi connectivity index (χ0) is 35.3. The predicted octanol–water partition coefficient (Wildman–Crippen LogP) is 8.58. The maximum Gasteiger partial charge on any atom is 0.416 e. The minimum atomic E-state index is -4.46. The highest BCUT2D eigenvalue weighted by Gasteiger charge is 2.38. The van der Waals surface area contributed by atoms with Gasteiger partial charge in [-0.25, -0.2) is 9.59 Å². The predicted molar refractivity (Wildman–Crippen MR) is 181 cm³/mol. The number of carbonyl (C=O) groups is 3. The van der Waals surface area contributed by atoms with Gasteiger partial charge in [-0.05, 0) is 85.7 Å². The maximum atomic E-state index is 14.2. The first-order chi connectivity index (χ1) is 23.2. The van der Waals surface area contributed by atoms with Crippen molar-refractivity contribution < 1.29 is 37.4 Å². The van der Waals surface area contributed by atoms with Gasteiger partial charge in [0.25, 0.3) is 5.91 Å². The summed E-state index contributed by atoms with van der Waals surface area (Å²) < 4.78 is 44.8. The number of benzene rings is 4. The van der Waals surface area contributed by atoms with Gasteiger partial charge in [0.05, 0.1) is 11.6 Å². The number of carbonyl (C=O) groups excluding carboxylic acids is 2. The molecule has 0 spiro atoms. The maximum absolute atomic E-state index is 14.2. The number of ether oxygens (including phenoxy) is 1. The molecule has 4 aromatic rings. The lowest BCUT2D eigenvalue weighted by Crippen LogP contribution is -2.53. The van der Waals surface area contributed by atoms with Crippen molar-refractivity contribution in [1.82, 2.24) is 9.80 Å². The fourth-order valence-electron chi connectivity index (χ4n) is 6.01. The van der Waals surface area contributed by atoms with Crippen molar-refractivity contribution in [2.24, 2.45) is 0 Å². The third kappa shape index (κ3) is 8.87. The highest BCUT2D eigenvalue weighted by atomic mass is 19.4. The third-order valence-electron chi connectivity index (χ3n) is 8.50. The van der Waals surface area contributed by atoms with Gasteiger partial charge in [-0.1, -0.05) is 78.9 Å². The molecule has 0 saturated carbocycles. The van der Waals surface area contributed by atoms with Crippen LogP contribution in [-0.4, -0.2) is 63.7 Å². The van der Waals surface area contributed by atoms with Crippen molar-refractivity contribution in [2.75, 3.05) is 13.1 Å². The Bertz CT molecular complexity index is 1750. The van der Waals surface area contributed by atoms with E-state index in [0.717, 1.165) is 28.8 Å². The smallest absolute Gasteiger partial charge is 0.416 e. The van der Waals surface area contributed by atoms with Crippen LogP contribution in [0.5, 0.6) is 0 Å². The number of hydrogen-bond acceptors (Lipinski definition) is 4. The van der Waals surface area contributed by atoms with E-state index >= 15 is 0 Å². The standard InChI is InChI=1S/C39H39F3N2O5/c1-38(2,3)49-37(48)43-23-7-10-33(43)25-44(34(36(46)47)24-26-11-13-28(14-12-26)27-8-5-4-6-9-27)35(45)31-17-15-29(16-18-31)30-19-21-32(22-20-30)39(40,41)42/h4-6,8-9,11-22,33-34H,7,10,23-25H2,1-3H3,(H,46,47)/t33-,34-/m0/s1. The second kappa shape index (κ2) is 14.6. The molecule has 2 amide bonds. The van der Waals surface area contributed by atoms with Crippen LogP contribution in [0.1, 0.15) is 55.1 Å². The largest absolute Gasteiger partial charge is 0.480 e. The fourth-order valence-corrected chi connectivity index (χ4v) is 6.01. The molecule has 5 rings (SSSR count). The second-order valence-electron chi connectivity index (χ2n) is 13.2. The Morgan fingerprint density at radius 1 is 0.816 bits per heavy atom. The quantitative estimate of drug-likeness (QED) is 0.193. The molecule has 256 valence electrons. The van der Waals surface area contributed by atoms with E-state index < -0.39 is 47.4 Å². The minimum Gasteiger partial charge on any atom is -0.480 e. The molecular formula is C39H39F3N2O5. The molecule has 10 heteroatoms. The number of likely N-dealkylation sites (tertiary alicyclic amines) is 1. The molecule has 1 heterocycles. The van der Waals surface area contributed by atoms with Crippen molar-refractivity contribution in [3.05, 3.63) is 120 Å². The van der Waals surface area contributed by atoms with Crippen LogP contribution in [0.3, 0.4) is 0 Å². The lowest BCUT2D eigenvalue weighted by atomic mass is 9.98. The van der Waals surface area contributed by atoms with Gasteiger partial charge < -0.3 is 19.6 Å². The number of aliphatic carboxylic acids is 1. The molecule has 1 saturated heterocycles. The number of amides is 2. The number of halogens is 3. The number of nitrogens with zero attached hydrogens (tertiary/aromatic N) is 2. The van der Waals surface area contributed by atoms with E-state index in [0.29, 0.717) is 30.5 Å². The second-order valence-corrected chi connectivity index (χ2v) is 13.2. The lowest BCUT2D eigenvalue weighted by molar-refractivity contribution is -0.142. The molecule has 1 aliphatic rings. The van der Waals surface area contributed by atoms with Gasteiger partial charge in [-0.2, -0.15) is 13.2 Å².